The number of carbonyl (C=O) groups excluding carboxylic acids is 1. The largest absolute Gasteiger partial charge is 0.411 e. The van der Waals surface area contributed by atoms with Gasteiger partial charge in [-0.2, -0.15) is 0 Å². The fourth-order valence-electron chi connectivity index (χ4n) is 2.88. The summed E-state index contributed by atoms with van der Waals surface area (Å²) >= 11 is 1.21. The summed E-state index contributed by atoms with van der Waals surface area (Å²) in [4.78, 5) is 12.1. The quantitative estimate of drug-likeness (QED) is 0.834. The molecule has 2 aromatic rings. The van der Waals surface area contributed by atoms with Crippen LogP contribution < -0.4 is 5.32 Å². The summed E-state index contributed by atoms with van der Waals surface area (Å²) in [6.07, 6.45) is 4.64. The van der Waals surface area contributed by atoms with Crippen molar-refractivity contribution < 1.29 is 13.6 Å². The van der Waals surface area contributed by atoms with Crippen LogP contribution in [0.5, 0.6) is 0 Å². The SMILES string of the molecule is C[C@H]1CCCC[C@@H]1NC(=O)CSc1nnc(-c2ccc(F)cc2)o1. The molecule has 1 N–H and O–H groups in total. The monoisotopic (exact) mass is 349 g/mol. The summed E-state index contributed by atoms with van der Waals surface area (Å²) < 4.78 is 18.4. The smallest absolute Gasteiger partial charge is 0.277 e. The Balaban J connectivity index is 1.51. The predicted octanol–water partition coefficient (Wildman–Crippen LogP) is 3.66. The van der Waals surface area contributed by atoms with Gasteiger partial charge in [-0.15, -0.1) is 10.2 Å². The highest BCUT2D eigenvalue weighted by molar-refractivity contribution is 7.99. The minimum atomic E-state index is -0.318. The number of nitrogens with one attached hydrogen (secondary N) is 1. The van der Waals surface area contributed by atoms with Gasteiger partial charge < -0.3 is 9.73 Å². The molecular formula is C17H20FN3O2S. The normalized spacial score (nSPS) is 20.8. The van der Waals surface area contributed by atoms with Gasteiger partial charge in [0.1, 0.15) is 5.82 Å². The zero-order valence-corrected chi connectivity index (χ0v) is 14.3. The minimum Gasteiger partial charge on any atom is -0.411 e. The minimum absolute atomic E-state index is 0.0136. The molecule has 7 heteroatoms. The van der Waals surface area contributed by atoms with Crippen LogP contribution in [0, 0.1) is 11.7 Å². The Morgan fingerprint density at radius 2 is 2.04 bits per heavy atom. The van der Waals surface area contributed by atoms with Crippen LogP contribution in [0.15, 0.2) is 33.9 Å². The van der Waals surface area contributed by atoms with Crippen molar-refractivity contribution in [3.05, 3.63) is 30.1 Å². The lowest BCUT2D eigenvalue weighted by Gasteiger charge is -2.29. The van der Waals surface area contributed by atoms with Gasteiger partial charge in [0.05, 0.1) is 5.75 Å². The Morgan fingerprint density at radius 1 is 1.29 bits per heavy atom. The molecule has 128 valence electrons. The van der Waals surface area contributed by atoms with Gasteiger partial charge in [-0.05, 0) is 43.0 Å². The maximum Gasteiger partial charge on any atom is 0.277 e. The molecular weight excluding hydrogens is 329 g/mol. The average molecular weight is 349 g/mol. The number of thioether (sulfide) groups is 1. The lowest BCUT2D eigenvalue weighted by molar-refractivity contribution is -0.119. The maximum atomic E-state index is 12.9. The van der Waals surface area contributed by atoms with E-state index in [0.29, 0.717) is 22.6 Å². The summed E-state index contributed by atoms with van der Waals surface area (Å²) in [5, 5.41) is 11.3. The third kappa shape index (κ3) is 4.35. The van der Waals surface area contributed by atoms with Crippen molar-refractivity contribution in [3.8, 4) is 11.5 Å². The predicted molar refractivity (Wildman–Crippen MR) is 90.0 cm³/mol. The zero-order chi connectivity index (χ0) is 16.9. The van der Waals surface area contributed by atoms with E-state index in [0.717, 1.165) is 6.42 Å². The number of amides is 1. The first-order valence-electron chi connectivity index (χ1n) is 8.13. The van der Waals surface area contributed by atoms with Crippen LogP contribution in [0.4, 0.5) is 4.39 Å². The van der Waals surface area contributed by atoms with Crippen molar-refractivity contribution in [1.29, 1.82) is 0 Å². The van der Waals surface area contributed by atoms with Crippen molar-refractivity contribution in [2.75, 3.05) is 5.75 Å². The number of carbonyl (C=O) groups is 1. The fourth-order valence-corrected chi connectivity index (χ4v) is 3.46. The van der Waals surface area contributed by atoms with Crippen molar-refractivity contribution in [3.63, 3.8) is 0 Å². The third-order valence-electron chi connectivity index (χ3n) is 4.28. The Kier molecular flexibility index (Phi) is 5.50. The molecule has 1 saturated carbocycles. The van der Waals surface area contributed by atoms with E-state index in [-0.39, 0.29) is 23.5 Å². The number of hydrogen-bond acceptors (Lipinski definition) is 5. The molecule has 0 unspecified atom stereocenters. The molecule has 1 heterocycles. The second-order valence-electron chi connectivity index (χ2n) is 6.10. The van der Waals surface area contributed by atoms with Crippen molar-refractivity contribution in [2.24, 2.45) is 5.92 Å². The highest BCUT2D eigenvalue weighted by Crippen LogP contribution is 2.25. The first-order valence-corrected chi connectivity index (χ1v) is 9.12. The van der Waals surface area contributed by atoms with Crippen molar-refractivity contribution in [2.45, 2.75) is 43.9 Å². The van der Waals surface area contributed by atoms with Crippen LogP contribution in [-0.2, 0) is 4.79 Å². The van der Waals surface area contributed by atoms with E-state index in [9.17, 15) is 9.18 Å². The summed E-state index contributed by atoms with van der Waals surface area (Å²) in [5.74, 6) is 0.760. The van der Waals surface area contributed by atoms with E-state index in [4.69, 9.17) is 4.42 Å². The van der Waals surface area contributed by atoms with Crippen LogP contribution in [0.1, 0.15) is 32.6 Å². The van der Waals surface area contributed by atoms with Crippen molar-refractivity contribution in [1.82, 2.24) is 15.5 Å². The molecule has 5 nitrogen and oxygen atoms in total. The zero-order valence-electron chi connectivity index (χ0n) is 13.5. The number of benzene rings is 1. The molecule has 0 bridgehead atoms. The number of halogens is 1. The maximum absolute atomic E-state index is 12.9. The number of nitrogens with zero attached hydrogens (tertiary/aromatic N) is 2. The summed E-state index contributed by atoms with van der Waals surface area (Å²) in [6.45, 7) is 2.18. The number of rotatable bonds is 5. The highest BCUT2D eigenvalue weighted by atomic mass is 32.2. The van der Waals surface area contributed by atoms with Gasteiger partial charge in [0, 0.05) is 11.6 Å². The molecule has 24 heavy (non-hydrogen) atoms. The first kappa shape index (κ1) is 17.0. The van der Waals surface area contributed by atoms with Crippen LogP contribution in [0.3, 0.4) is 0 Å². The Labute approximate surface area is 144 Å². The molecule has 1 aromatic heterocycles. The van der Waals surface area contributed by atoms with E-state index >= 15 is 0 Å². The topological polar surface area (TPSA) is 68.0 Å². The molecule has 1 fully saturated rings. The van der Waals surface area contributed by atoms with Crippen LogP contribution >= 0.6 is 11.8 Å². The fraction of sp³-hybridized carbons (Fsp3) is 0.471. The highest BCUT2D eigenvalue weighted by Gasteiger charge is 2.23. The molecule has 1 aromatic carbocycles. The van der Waals surface area contributed by atoms with E-state index < -0.39 is 0 Å². The van der Waals surface area contributed by atoms with Gasteiger partial charge in [-0.3, -0.25) is 4.79 Å². The second-order valence-corrected chi connectivity index (χ2v) is 7.03. The second kappa shape index (κ2) is 7.79. The van der Waals surface area contributed by atoms with Gasteiger partial charge in [-0.1, -0.05) is 31.5 Å². The standard InChI is InChI=1S/C17H20FN3O2S/c1-11-4-2-3-5-14(11)19-15(22)10-24-17-21-20-16(23-17)12-6-8-13(18)9-7-12/h6-9,11,14H,2-5,10H2,1H3,(H,19,22)/t11-,14-/m0/s1. The van der Waals surface area contributed by atoms with Gasteiger partial charge in [0.15, 0.2) is 0 Å². The first-order chi connectivity index (χ1) is 11.6. The molecule has 0 saturated heterocycles. The van der Waals surface area contributed by atoms with Crippen LogP contribution in [-0.4, -0.2) is 27.9 Å². The molecule has 0 aliphatic heterocycles. The molecule has 1 aliphatic rings. The molecule has 2 atom stereocenters. The number of aromatic nitrogens is 2. The van der Waals surface area contributed by atoms with Gasteiger partial charge in [0.25, 0.3) is 5.22 Å². The van der Waals surface area contributed by atoms with E-state index in [1.165, 1.54) is 43.2 Å². The average Bonchev–Trinajstić information content (AvgIpc) is 3.05. The Morgan fingerprint density at radius 3 is 2.79 bits per heavy atom. The van der Waals surface area contributed by atoms with E-state index in [1.807, 2.05) is 0 Å². The van der Waals surface area contributed by atoms with Crippen molar-refractivity contribution >= 4 is 17.7 Å². The summed E-state index contributed by atoms with van der Waals surface area (Å²) in [5.41, 5.74) is 0.649. The third-order valence-corrected chi connectivity index (χ3v) is 5.10. The molecule has 0 radical (unpaired) electrons. The lowest BCUT2D eigenvalue weighted by Crippen LogP contribution is -2.41. The molecule has 1 aliphatic carbocycles. The van der Waals surface area contributed by atoms with Gasteiger partial charge >= 0.3 is 0 Å². The summed E-state index contributed by atoms with van der Waals surface area (Å²) in [6, 6.07) is 6.10. The summed E-state index contributed by atoms with van der Waals surface area (Å²) in [7, 11) is 0. The Hall–Kier alpha value is -1.89. The lowest BCUT2D eigenvalue weighted by atomic mass is 9.86. The Bertz CT molecular complexity index is 689. The molecule has 1 amide bonds. The van der Waals surface area contributed by atoms with Crippen LogP contribution in [0.2, 0.25) is 0 Å². The number of hydrogen-bond donors (Lipinski definition) is 1. The van der Waals surface area contributed by atoms with Crippen LogP contribution in [0.25, 0.3) is 11.5 Å². The van der Waals surface area contributed by atoms with E-state index in [1.54, 1.807) is 12.1 Å². The molecule has 0 spiro atoms. The molecule has 3 rings (SSSR count). The van der Waals surface area contributed by atoms with Gasteiger partial charge in [0.2, 0.25) is 11.8 Å². The van der Waals surface area contributed by atoms with Gasteiger partial charge in [-0.25, -0.2) is 4.39 Å². The van der Waals surface area contributed by atoms with E-state index in [2.05, 4.69) is 22.4 Å².